The number of pyridine rings is 1. The van der Waals surface area contributed by atoms with Gasteiger partial charge in [-0.3, -0.25) is 9.78 Å². The van der Waals surface area contributed by atoms with Crippen molar-refractivity contribution in [3.63, 3.8) is 0 Å². The zero-order valence-electron chi connectivity index (χ0n) is 15.8. The summed E-state index contributed by atoms with van der Waals surface area (Å²) in [4.78, 5) is 20.4. The van der Waals surface area contributed by atoms with Crippen molar-refractivity contribution in [3.8, 4) is 11.5 Å². The average Bonchev–Trinajstić information content (AvgIpc) is 3.16. The summed E-state index contributed by atoms with van der Waals surface area (Å²) < 4.78 is 6.86. The molecule has 30 heavy (non-hydrogen) atoms. The molecule has 0 saturated carbocycles. The normalized spacial score (nSPS) is 10.8. The number of nitrogens with one attached hydrogen (secondary N) is 2. The highest BCUT2D eigenvalue weighted by Crippen LogP contribution is 2.32. The maximum atomic E-state index is 11.7. The van der Waals surface area contributed by atoms with Crippen LogP contribution in [0.3, 0.4) is 0 Å². The maximum absolute atomic E-state index is 11.7. The molecule has 0 unspecified atom stereocenters. The number of amides is 1. The molecule has 2 aromatic heterocycles. The standard InChI is InChI=1S/C21H16Cl2N4O2S/c1-24-20(28)17-9-14(7-8-25-17)29-13-5-6-16-18(10-13)30-21(27-16)26-11-12-3-2-4-15(22)19(12)23/h2-10H,11H2,1H3,(H,24,28)(H,26,27). The van der Waals surface area contributed by atoms with E-state index in [0.717, 1.165) is 20.9 Å². The Labute approximate surface area is 186 Å². The van der Waals surface area contributed by atoms with Crippen LogP contribution in [0.5, 0.6) is 11.5 Å². The molecule has 4 rings (SSSR count). The van der Waals surface area contributed by atoms with Gasteiger partial charge >= 0.3 is 0 Å². The molecule has 0 aliphatic carbocycles. The fourth-order valence-corrected chi connectivity index (χ4v) is 4.04. The van der Waals surface area contributed by atoms with Gasteiger partial charge in [-0.1, -0.05) is 46.7 Å². The molecule has 0 atom stereocenters. The summed E-state index contributed by atoms with van der Waals surface area (Å²) in [6, 6.07) is 14.5. The Bertz CT molecular complexity index is 1230. The van der Waals surface area contributed by atoms with Crippen LogP contribution in [0.4, 0.5) is 5.13 Å². The highest BCUT2D eigenvalue weighted by atomic mass is 35.5. The number of carbonyl (C=O) groups excluding carboxylic acids is 1. The van der Waals surface area contributed by atoms with Crippen molar-refractivity contribution in [2.45, 2.75) is 6.54 Å². The molecule has 152 valence electrons. The summed E-state index contributed by atoms with van der Waals surface area (Å²) >= 11 is 13.8. The van der Waals surface area contributed by atoms with Crippen LogP contribution in [0.15, 0.2) is 54.7 Å². The first-order chi connectivity index (χ1) is 14.5. The molecule has 0 radical (unpaired) electrons. The second kappa shape index (κ2) is 8.87. The summed E-state index contributed by atoms with van der Waals surface area (Å²) in [6.07, 6.45) is 1.54. The third kappa shape index (κ3) is 4.48. The topological polar surface area (TPSA) is 76.1 Å². The number of benzene rings is 2. The zero-order valence-corrected chi connectivity index (χ0v) is 18.1. The molecule has 0 spiro atoms. The number of ether oxygens (including phenoxy) is 1. The lowest BCUT2D eigenvalue weighted by molar-refractivity contribution is 0.0958. The molecule has 4 aromatic rings. The van der Waals surface area contributed by atoms with Crippen LogP contribution in [0.1, 0.15) is 16.1 Å². The molecular weight excluding hydrogens is 443 g/mol. The molecule has 0 saturated heterocycles. The fraction of sp³-hybridized carbons (Fsp3) is 0.0952. The molecule has 9 heteroatoms. The largest absolute Gasteiger partial charge is 0.457 e. The summed E-state index contributed by atoms with van der Waals surface area (Å²) in [5, 5.41) is 7.66. The molecule has 6 nitrogen and oxygen atoms in total. The lowest BCUT2D eigenvalue weighted by Gasteiger charge is -2.06. The van der Waals surface area contributed by atoms with E-state index in [1.54, 1.807) is 25.2 Å². The molecule has 0 aliphatic rings. The van der Waals surface area contributed by atoms with E-state index in [1.165, 1.54) is 17.5 Å². The number of hydrogen-bond donors (Lipinski definition) is 2. The SMILES string of the molecule is CNC(=O)c1cc(Oc2ccc3nc(NCc4cccc(Cl)c4Cl)sc3c2)ccn1. The monoisotopic (exact) mass is 458 g/mol. The highest BCUT2D eigenvalue weighted by Gasteiger charge is 2.10. The van der Waals surface area contributed by atoms with Crippen LogP contribution in [0.25, 0.3) is 10.2 Å². The van der Waals surface area contributed by atoms with Gasteiger partial charge in [-0.15, -0.1) is 0 Å². The predicted octanol–water partition coefficient (Wildman–Crippen LogP) is 5.76. The number of nitrogens with zero attached hydrogens (tertiary/aromatic N) is 2. The predicted molar refractivity (Wildman–Crippen MR) is 121 cm³/mol. The molecule has 1 amide bonds. The Morgan fingerprint density at radius 1 is 1.13 bits per heavy atom. The van der Waals surface area contributed by atoms with E-state index in [4.69, 9.17) is 27.9 Å². The number of fused-ring (bicyclic) bond motifs is 1. The number of hydrogen-bond acceptors (Lipinski definition) is 6. The van der Waals surface area contributed by atoms with E-state index in [9.17, 15) is 4.79 Å². The van der Waals surface area contributed by atoms with Crippen molar-refractivity contribution < 1.29 is 9.53 Å². The molecule has 2 aromatic carbocycles. The second-order valence-electron chi connectivity index (χ2n) is 6.27. The van der Waals surface area contributed by atoms with Crippen molar-refractivity contribution in [2.24, 2.45) is 0 Å². The maximum Gasteiger partial charge on any atom is 0.269 e. The lowest BCUT2D eigenvalue weighted by Crippen LogP contribution is -2.18. The molecule has 0 bridgehead atoms. The van der Waals surface area contributed by atoms with Crippen molar-refractivity contribution in [3.05, 3.63) is 76.0 Å². The van der Waals surface area contributed by atoms with Crippen LogP contribution in [-0.2, 0) is 6.54 Å². The Kier molecular flexibility index (Phi) is 6.03. The van der Waals surface area contributed by atoms with Crippen molar-refractivity contribution in [1.82, 2.24) is 15.3 Å². The minimum atomic E-state index is -0.270. The first-order valence-electron chi connectivity index (χ1n) is 8.97. The van der Waals surface area contributed by atoms with E-state index in [1.807, 2.05) is 30.3 Å². The van der Waals surface area contributed by atoms with E-state index < -0.39 is 0 Å². The van der Waals surface area contributed by atoms with Gasteiger partial charge in [0.05, 0.1) is 20.3 Å². The van der Waals surface area contributed by atoms with E-state index in [-0.39, 0.29) is 5.91 Å². The number of aromatic nitrogens is 2. The Morgan fingerprint density at radius 3 is 2.80 bits per heavy atom. The summed E-state index contributed by atoms with van der Waals surface area (Å²) in [7, 11) is 1.56. The van der Waals surface area contributed by atoms with Gasteiger partial charge in [0, 0.05) is 31.9 Å². The minimum Gasteiger partial charge on any atom is -0.457 e. The minimum absolute atomic E-state index is 0.270. The molecular formula is C21H16Cl2N4O2S. The number of thiazole rings is 1. The van der Waals surface area contributed by atoms with Gasteiger partial charge < -0.3 is 15.4 Å². The number of carbonyl (C=O) groups is 1. The Hall–Kier alpha value is -2.87. The number of rotatable bonds is 6. The smallest absolute Gasteiger partial charge is 0.269 e. The van der Waals surface area contributed by atoms with Gasteiger partial charge in [0.2, 0.25) is 0 Å². The van der Waals surface area contributed by atoms with Gasteiger partial charge in [0.25, 0.3) is 5.91 Å². The molecule has 2 N–H and O–H groups in total. The molecule has 2 heterocycles. The second-order valence-corrected chi connectivity index (χ2v) is 8.09. The van der Waals surface area contributed by atoms with Gasteiger partial charge in [0.1, 0.15) is 17.2 Å². The van der Waals surface area contributed by atoms with Crippen LogP contribution in [-0.4, -0.2) is 22.9 Å². The first-order valence-corrected chi connectivity index (χ1v) is 10.5. The summed E-state index contributed by atoms with van der Waals surface area (Å²) in [5.74, 6) is 0.903. The molecule has 0 fully saturated rings. The van der Waals surface area contributed by atoms with Gasteiger partial charge in [-0.05, 0) is 29.8 Å². The van der Waals surface area contributed by atoms with Crippen LogP contribution in [0, 0.1) is 0 Å². The van der Waals surface area contributed by atoms with Crippen molar-refractivity contribution >= 4 is 55.8 Å². The van der Waals surface area contributed by atoms with Gasteiger partial charge in [-0.2, -0.15) is 0 Å². The van der Waals surface area contributed by atoms with Crippen molar-refractivity contribution in [2.75, 3.05) is 12.4 Å². The summed E-state index contributed by atoms with van der Waals surface area (Å²) in [5.41, 5.74) is 2.05. The third-order valence-corrected chi connectivity index (χ3v) is 6.08. The fourth-order valence-electron chi connectivity index (χ4n) is 2.76. The first kappa shape index (κ1) is 20.4. The van der Waals surface area contributed by atoms with Gasteiger partial charge in [0.15, 0.2) is 5.13 Å². The summed E-state index contributed by atoms with van der Waals surface area (Å²) in [6.45, 7) is 0.516. The Balaban J connectivity index is 1.50. The Morgan fingerprint density at radius 2 is 1.97 bits per heavy atom. The van der Waals surface area contributed by atoms with Gasteiger partial charge in [-0.25, -0.2) is 4.98 Å². The van der Waals surface area contributed by atoms with E-state index in [2.05, 4.69) is 20.6 Å². The van der Waals surface area contributed by atoms with Crippen molar-refractivity contribution in [1.29, 1.82) is 0 Å². The highest BCUT2D eigenvalue weighted by molar-refractivity contribution is 7.22. The average molecular weight is 459 g/mol. The molecule has 0 aliphatic heterocycles. The van der Waals surface area contributed by atoms with E-state index in [0.29, 0.717) is 33.8 Å². The quantitative estimate of drug-likeness (QED) is 0.383. The zero-order chi connectivity index (χ0) is 21.1. The van der Waals surface area contributed by atoms with Crippen LogP contribution < -0.4 is 15.4 Å². The van der Waals surface area contributed by atoms with Crippen LogP contribution >= 0.6 is 34.5 Å². The third-order valence-electron chi connectivity index (χ3n) is 4.25. The lowest BCUT2D eigenvalue weighted by atomic mass is 10.2. The van der Waals surface area contributed by atoms with E-state index >= 15 is 0 Å². The number of anilines is 1. The number of halogens is 2. The van der Waals surface area contributed by atoms with Crippen LogP contribution in [0.2, 0.25) is 10.0 Å².